The zero-order valence-corrected chi connectivity index (χ0v) is 19.1. The highest BCUT2D eigenvalue weighted by molar-refractivity contribution is 14.0. The normalized spacial score (nSPS) is 15.7. The molecule has 5 nitrogen and oxygen atoms in total. The van der Waals surface area contributed by atoms with Crippen LogP contribution in [0.1, 0.15) is 31.7 Å². The monoisotopic (exact) mass is 486 g/mol. The van der Waals surface area contributed by atoms with Gasteiger partial charge in [-0.2, -0.15) is 0 Å². The number of piperidine rings is 1. The van der Waals surface area contributed by atoms with Crippen molar-refractivity contribution in [1.29, 1.82) is 0 Å². The number of halogens is 1. The van der Waals surface area contributed by atoms with Crippen molar-refractivity contribution >= 4 is 29.9 Å². The molecule has 1 aromatic carbocycles. The molecule has 0 spiro atoms. The van der Waals surface area contributed by atoms with Crippen molar-refractivity contribution in [2.45, 2.75) is 32.7 Å². The van der Waals surface area contributed by atoms with E-state index in [-0.39, 0.29) is 24.0 Å². The maximum atomic E-state index is 5.71. The van der Waals surface area contributed by atoms with Crippen LogP contribution in [0.3, 0.4) is 0 Å². The van der Waals surface area contributed by atoms with Crippen LogP contribution in [-0.4, -0.2) is 50.7 Å². The first-order chi connectivity index (χ1) is 12.8. The Morgan fingerprint density at radius 1 is 1.30 bits per heavy atom. The Hall–Kier alpha value is -1.28. The van der Waals surface area contributed by atoms with Gasteiger partial charge >= 0.3 is 0 Å². The van der Waals surface area contributed by atoms with E-state index in [4.69, 9.17) is 4.74 Å². The lowest BCUT2D eigenvalue weighted by Gasteiger charge is -2.32. The zero-order chi connectivity index (χ0) is 18.6. The number of rotatable bonds is 9. The molecule has 1 aliphatic heterocycles. The fourth-order valence-corrected chi connectivity index (χ4v) is 3.31. The van der Waals surface area contributed by atoms with Gasteiger partial charge in [0, 0.05) is 25.7 Å². The Balaban J connectivity index is 0.00000364. The summed E-state index contributed by atoms with van der Waals surface area (Å²) in [6.07, 6.45) is 5.54. The van der Waals surface area contributed by atoms with Gasteiger partial charge in [-0.1, -0.05) is 37.8 Å². The molecule has 0 aliphatic carbocycles. The average molecular weight is 486 g/mol. The molecule has 152 valence electrons. The number of guanidine groups is 1. The minimum atomic E-state index is 0. The molecule has 0 aromatic heterocycles. The summed E-state index contributed by atoms with van der Waals surface area (Å²) in [5.74, 6) is 2.46. The number of ether oxygens (including phenoxy) is 1. The molecule has 1 aliphatic rings. The number of hydrogen-bond acceptors (Lipinski definition) is 3. The number of likely N-dealkylation sites (tertiary alicyclic amines) is 1. The van der Waals surface area contributed by atoms with E-state index in [0.29, 0.717) is 13.2 Å². The number of aliphatic imine (C=N–C) groups is 1. The average Bonchev–Trinajstić information content (AvgIpc) is 2.68. The van der Waals surface area contributed by atoms with Crippen LogP contribution in [0.2, 0.25) is 0 Å². The second kappa shape index (κ2) is 13.8. The molecule has 1 heterocycles. The third-order valence-electron chi connectivity index (χ3n) is 4.80. The molecule has 0 amide bonds. The van der Waals surface area contributed by atoms with Crippen molar-refractivity contribution in [1.82, 2.24) is 15.5 Å². The molecule has 0 atom stereocenters. The Morgan fingerprint density at radius 3 is 2.70 bits per heavy atom. The van der Waals surface area contributed by atoms with Gasteiger partial charge in [-0.05, 0) is 50.9 Å². The van der Waals surface area contributed by atoms with E-state index in [1.807, 2.05) is 25.2 Å². The molecule has 0 saturated carbocycles. The first-order valence-corrected chi connectivity index (χ1v) is 9.75. The van der Waals surface area contributed by atoms with E-state index in [9.17, 15) is 0 Å². The van der Waals surface area contributed by atoms with E-state index < -0.39 is 0 Å². The van der Waals surface area contributed by atoms with Gasteiger partial charge in [0.25, 0.3) is 0 Å². The fraction of sp³-hybridized carbons (Fsp3) is 0.571. The Morgan fingerprint density at radius 2 is 2.04 bits per heavy atom. The third-order valence-corrected chi connectivity index (χ3v) is 4.80. The Kier molecular flexibility index (Phi) is 12.2. The molecule has 6 heteroatoms. The highest BCUT2D eigenvalue weighted by Crippen LogP contribution is 2.18. The summed E-state index contributed by atoms with van der Waals surface area (Å²) < 4.78 is 5.71. The second-order valence-corrected chi connectivity index (χ2v) is 6.80. The van der Waals surface area contributed by atoms with Crippen LogP contribution in [0.4, 0.5) is 0 Å². The van der Waals surface area contributed by atoms with Gasteiger partial charge in [-0.25, -0.2) is 0 Å². The second-order valence-electron chi connectivity index (χ2n) is 6.80. The number of hydrogen-bond donors (Lipinski definition) is 2. The quantitative estimate of drug-likeness (QED) is 0.242. The summed E-state index contributed by atoms with van der Waals surface area (Å²) in [6, 6.07) is 8.07. The molecule has 27 heavy (non-hydrogen) atoms. The van der Waals surface area contributed by atoms with Crippen molar-refractivity contribution in [3.8, 4) is 5.75 Å². The first kappa shape index (κ1) is 23.8. The van der Waals surface area contributed by atoms with Crippen molar-refractivity contribution in [3.63, 3.8) is 0 Å². The minimum Gasteiger partial charge on any atom is -0.489 e. The molecular formula is C21H35IN4O. The smallest absolute Gasteiger partial charge is 0.191 e. The van der Waals surface area contributed by atoms with Gasteiger partial charge in [-0.15, -0.1) is 24.0 Å². The van der Waals surface area contributed by atoms with Crippen LogP contribution in [0.5, 0.6) is 5.75 Å². The van der Waals surface area contributed by atoms with Crippen molar-refractivity contribution < 1.29 is 4.74 Å². The summed E-state index contributed by atoms with van der Waals surface area (Å²) >= 11 is 0. The zero-order valence-electron chi connectivity index (χ0n) is 16.7. The Bertz CT molecular complexity index is 571. The summed E-state index contributed by atoms with van der Waals surface area (Å²) in [5.41, 5.74) is 1.12. The van der Waals surface area contributed by atoms with Crippen molar-refractivity contribution in [2.24, 2.45) is 10.9 Å². The van der Waals surface area contributed by atoms with Gasteiger partial charge in [0.05, 0.1) is 0 Å². The Labute approximate surface area is 181 Å². The molecule has 1 fully saturated rings. The summed E-state index contributed by atoms with van der Waals surface area (Å²) in [6.45, 7) is 11.8. The number of nitrogens with zero attached hydrogens (tertiary/aromatic N) is 2. The third kappa shape index (κ3) is 8.51. The number of benzene rings is 1. The highest BCUT2D eigenvalue weighted by Gasteiger charge is 2.18. The summed E-state index contributed by atoms with van der Waals surface area (Å²) in [5, 5.41) is 6.88. The molecule has 2 rings (SSSR count). The molecule has 2 N–H and O–H groups in total. The van der Waals surface area contributed by atoms with Crippen LogP contribution in [0.25, 0.3) is 0 Å². The largest absolute Gasteiger partial charge is 0.489 e. The highest BCUT2D eigenvalue weighted by atomic mass is 127. The fourth-order valence-electron chi connectivity index (χ4n) is 3.31. The molecular weight excluding hydrogens is 451 g/mol. The maximum absolute atomic E-state index is 5.71. The topological polar surface area (TPSA) is 48.9 Å². The van der Waals surface area contributed by atoms with Gasteiger partial charge in [0.2, 0.25) is 0 Å². The first-order valence-electron chi connectivity index (χ1n) is 9.75. The van der Waals surface area contributed by atoms with Crippen LogP contribution in [-0.2, 0) is 6.54 Å². The van der Waals surface area contributed by atoms with Gasteiger partial charge in [0.15, 0.2) is 5.96 Å². The predicted molar refractivity (Wildman–Crippen MR) is 125 cm³/mol. The molecule has 0 unspecified atom stereocenters. The summed E-state index contributed by atoms with van der Waals surface area (Å²) in [4.78, 5) is 6.92. The summed E-state index contributed by atoms with van der Waals surface area (Å²) in [7, 11) is 1.82. The van der Waals surface area contributed by atoms with Crippen molar-refractivity contribution in [2.75, 3.05) is 39.8 Å². The predicted octanol–water partition coefficient (Wildman–Crippen LogP) is 3.66. The number of nitrogens with one attached hydrogen (secondary N) is 2. The molecule has 0 bridgehead atoms. The van der Waals surface area contributed by atoms with Crippen LogP contribution < -0.4 is 15.4 Å². The van der Waals surface area contributed by atoms with Crippen LogP contribution in [0, 0.1) is 5.92 Å². The van der Waals surface area contributed by atoms with Gasteiger partial charge in [0.1, 0.15) is 12.4 Å². The number of para-hydroxylation sites is 1. The van der Waals surface area contributed by atoms with Crippen molar-refractivity contribution in [3.05, 3.63) is 42.5 Å². The van der Waals surface area contributed by atoms with Gasteiger partial charge < -0.3 is 20.3 Å². The standard InChI is InChI=1S/C21H34N4O.HI/c1-4-12-25-13-10-18(11-14-25)16-23-21(22-3)24-17-19-8-6-7-9-20(19)26-15-5-2;/h5-9,18H,2,4,10-17H2,1,3H3,(H2,22,23,24);1H. The lowest BCUT2D eigenvalue weighted by atomic mass is 9.97. The lowest BCUT2D eigenvalue weighted by molar-refractivity contribution is 0.185. The van der Waals surface area contributed by atoms with E-state index in [0.717, 1.165) is 29.7 Å². The molecule has 1 aromatic rings. The van der Waals surface area contributed by atoms with Crippen LogP contribution in [0.15, 0.2) is 41.9 Å². The van der Waals surface area contributed by atoms with E-state index in [1.54, 1.807) is 6.08 Å². The van der Waals surface area contributed by atoms with Crippen LogP contribution >= 0.6 is 24.0 Å². The van der Waals surface area contributed by atoms with E-state index in [1.165, 1.54) is 38.9 Å². The minimum absolute atomic E-state index is 0. The van der Waals surface area contributed by atoms with E-state index in [2.05, 4.69) is 40.1 Å². The van der Waals surface area contributed by atoms with E-state index >= 15 is 0 Å². The lowest BCUT2D eigenvalue weighted by Crippen LogP contribution is -2.42. The molecule has 0 radical (unpaired) electrons. The van der Waals surface area contributed by atoms with Gasteiger partial charge in [-0.3, -0.25) is 4.99 Å². The maximum Gasteiger partial charge on any atom is 0.191 e. The SMILES string of the molecule is C=CCOc1ccccc1CNC(=NC)NCC1CCN(CCC)CC1.I. The molecule has 1 saturated heterocycles.